The molecule has 1 aromatic heterocycles. The van der Waals surface area contributed by atoms with Crippen molar-refractivity contribution in [1.82, 2.24) is 4.98 Å². The Hall–Kier alpha value is -0.850. The minimum absolute atomic E-state index is 1.14. The summed E-state index contributed by atoms with van der Waals surface area (Å²) in [5.74, 6) is 0. The summed E-state index contributed by atoms with van der Waals surface area (Å²) in [4.78, 5) is 4.02. The lowest BCUT2D eigenvalue weighted by Crippen LogP contribution is -1.87. The van der Waals surface area contributed by atoms with Crippen LogP contribution in [0.15, 0.2) is 18.3 Å². The molecule has 0 aliphatic rings. The molecule has 0 spiro atoms. The van der Waals surface area contributed by atoms with Crippen LogP contribution >= 0.6 is 0 Å². The van der Waals surface area contributed by atoms with E-state index in [0.29, 0.717) is 0 Å². The molecule has 0 N–H and O–H groups in total. The maximum Gasteiger partial charge on any atom is 0.0920 e. The van der Waals surface area contributed by atoms with Crippen molar-refractivity contribution in [1.29, 1.82) is 0 Å². The summed E-state index contributed by atoms with van der Waals surface area (Å²) in [6.45, 7) is 2.27. The lowest BCUT2D eigenvalue weighted by Gasteiger charge is -2.02. The third-order valence-corrected chi connectivity index (χ3v) is 3.22. The Kier molecular flexibility index (Phi) is 8.62. The molecule has 0 saturated carbocycles. The molecule has 1 heterocycles. The fraction of sp³-hybridized carbons (Fsp3) is 0.688. The van der Waals surface area contributed by atoms with E-state index in [-0.39, 0.29) is 0 Å². The van der Waals surface area contributed by atoms with Crippen LogP contribution in [0.1, 0.15) is 70.3 Å². The Morgan fingerprint density at radius 1 is 0.941 bits per heavy atom. The molecular weight excluding hydrogens is 206 g/mol. The van der Waals surface area contributed by atoms with Crippen LogP contribution in [-0.4, -0.2) is 4.98 Å². The van der Waals surface area contributed by atoms with Crippen molar-refractivity contribution in [3.63, 3.8) is 0 Å². The van der Waals surface area contributed by atoms with Gasteiger partial charge in [-0.05, 0) is 24.5 Å². The van der Waals surface area contributed by atoms with Crippen LogP contribution < -0.4 is 0 Å². The Morgan fingerprint density at radius 2 is 1.59 bits per heavy atom. The molecule has 17 heavy (non-hydrogen) atoms. The minimum Gasteiger partial charge on any atom is -0.254 e. The minimum atomic E-state index is 1.14. The van der Waals surface area contributed by atoms with E-state index < -0.39 is 0 Å². The number of pyridine rings is 1. The summed E-state index contributed by atoms with van der Waals surface area (Å²) < 4.78 is 0. The largest absolute Gasteiger partial charge is 0.254 e. The van der Waals surface area contributed by atoms with Gasteiger partial charge >= 0.3 is 0 Å². The second kappa shape index (κ2) is 10.3. The number of hydrogen-bond donors (Lipinski definition) is 0. The second-order valence-electron chi connectivity index (χ2n) is 4.85. The van der Waals surface area contributed by atoms with Crippen molar-refractivity contribution < 1.29 is 0 Å². The average molecular weight is 232 g/mol. The Bertz CT molecular complexity index is 255. The number of aromatic nitrogens is 1. The maximum atomic E-state index is 4.02. The van der Waals surface area contributed by atoms with Crippen molar-refractivity contribution in [2.45, 2.75) is 71.1 Å². The van der Waals surface area contributed by atoms with Gasteiger partial charge in [0.25, 0.3) is 0 Å². The Balaban J connectivity index is 1.85. The summed E-state index contributed by atoms with van der Waals surface area (Å²) in [7, 11) is 0. The fourth-order valence-corrected chi connectivity index (χ4v) is 2.13. The van der Waals surface area contributed by atoms with E-state index in [9.17, 15) is 0 Å². The molecular formula is C16H26N. The molecule has 0 unspecified atom stereocenters. The number of hydrogen-bond acceptors (Lipinski definition) is 1. The predicted molar refractivity (Wildman–Crippen MR) is 74.0 cm³/mol. The quantitative estimate of drug-likeness (QED) is 0.520. The molecule has 0 amide bonds. The summed E-state index contributed by atoms with van der Waals surface area (Å²) in [5, 5.41) is 0. The smallest absolute Gasteiger partial charge is 0.0920 e. The first-order valence-corrected chi connectivity index (χ1v) is 7.25. The van der Waals surface area contributed by atoms with Crippen molar-refractivity contribution in [2.24, 2.45) is 0 Å². The van der Waals surface area contributed by atoms with Crippen LogP contribution in [0.5, 0.6) is 0 Å². The molecule has 1 radical (unpaired) electrons. The standard InChI is InChI=1S/C16H26N/c1-2-3-4-5-6-7-8-9-10-12-16-13-11-14-17-15-16/h11,13-14H,2-10,12H2,1H3. The number of unbranched alkanes of at least 4 members (excludes halogenated alkanes) is 8. The zero-order chi connectivity index (χ0) is 12.2. The number of nitrogens with zero attached hydrogens (tertiary/aromatic N) is 1. The van der Waals surface area contributed by atoms with Gasteiger partial charge in [0, 0.05) is 6.20 Å². The van der Waals surface area contributed by atoms with Crippen molar-refractivity contribution in [2.75, 3.05) is 0 Å². The van der Waals surface area contributed by atoms with Crippen LogP contribution in [0.4, 0.5) is 0 Å². The SMILES string of the molecule is CCCCCCCCCCCc1[c]nccc1. The summed E-state index contributed by atoms with van der Waals surface area (Å²) >= 11 is 0. The van der Waals surface area contributed by atoms with Gasteiger partial charge in [-0.3, -0.25) is 4.98 Å². The first kappa shape index (κ1) is 14.2. The highest BCUT2D eigenvalue weighted by Crippen LogP contribution is 2.11. The molecule has 1 heteroatoms. The highest BCUT2D eigenvalue weighted by Gasteiger charge is 1.94. The first-order chi connectivity index (χ1) is 8.43. The van der Waals surface area contributed by atoms with Crippen LogP contribution in [0.2, 0.25) is 0 Å². The van der Waals surface area contributed by atoms with Gasteiger partial charge < -0.3 is 0 Å². The predicted octanol–water partition coefficient (Wildman–Crippen LogP) is 4.96. The zero-order valence-electron chi connectivity index (χ0n) is 11.3. The van der Waals surface area contributed by atoms with Gasteiger partial charge in [-0.25, -0.2) is 0 Å². The summed E-state index contributed by atoms with van der Waals surface area (Å²) in [6, 6.07) is 4.12. The molecule has 0 saturated heterocycles. The molecule has 1 nitrogen and oxygen atoms in total. The third-order valence-electron chi connectivity index (χ3n) is 3.22. The van der Waals surface area contributed by atoms with Gasteiger partial charge in [0.1, 0.15) is 0 Å². The van der Waals surface area contributed by atoms with E-state index in [1.165, 1.54) is 63.4 Å². The van der Waals surface area contributed by atoms with E-state index >= 15 is 0 Å². The third kappa shape index (κ3) is 7.95. The lowest BCUT2D eigenvalue weighted by molar-refractivity contribution is 0.564. The average Bonchev–Trinajstić information content (AvgIpc) is 2.38. The van der Waals surface area contributed by atoms with Crippen LogP contribution in [0, 0.1) is 6.20 Å². The monoisotopic (exact) mass is 232 g/mol. The normalized spacial score (nSPS) is 10.6. The summed E-state index contributed by atoms with van der Waals surface area (Å²) in [5.41, 5.74) is 1.26. The van der Waals surface area contributed by atoms with Gasteiger partial charge in [0.05, 0.1) is 6.20 Å². The van der Waals surface area contributed by atoms with E-state index in [4.69, 9.17) is 0 Å². The topological polar surface area (TPSA) is 12.9 Å². The van der Waals surface area contributed by atoms with Crippen LogP contribution in [-0.2, 0) is 6.42 Å². The maximum absolute atomic E-state index is 4.02. The molecule has 0 fully saturated rings. The molecule has 0 aliphatic carbocycles. The van der Waals surface area contributed by atoms with Crippen LogP contribution in [0.25, 0.3) is 0 Å². The lowest BCUT2D eigenvalue weighted by atomic mass is 10.0. The Labute approximate surface area is 107 Å². The van der Waals surface area contributed by atoms with E-state index in [1.807, 2.05) is 6.07 Å². The first-order valence-electron chi connectivity index (χ1n) is 7.25. The summed E-state index contributed by atoms with van der Waals surface area (Å²) in [6.07, 6.45) is 18.5. The van der Waals surface area contributed by atoms with Gasteiger partial charge in [0.2, 0.25) is 0 Å². The van der Waals surface area contributed by atoms with Gasteiger partial charge in [0.15, 0.2) is 0 Å². The number of aryl methyl sites for hydroxylation is 1. The van der Waals surface area contributed by atoms with Crippen molar-refractivity contribution in [3.8, 4) is 0 Å². The van der Waals surface area contributed by atoms with Gasteiger partial charge in [-0.1, -0.05) is 64.4 Å². The fourth-order valence-electron chi connectivity index (χ4n) is 2.13. The molecule has 0 atom stereocenters. The molecule has 95 valence electrons. The molecule has 0 bridgehead atoms. The molecule has 0 aromatic carbocycles. The van der Waals surface area contributed by atoms with E-state index in [0.717, 1.165) is 6.42 Å². The van der Waals surface area contributed by atoms with Crippen molar-refractivity contribution in [3.05, 3.63) is 30.1 Å². The van der Waals surface area contributed by atoms with E-state index in [1.54, 1.807) is 6.20 Å². The highest BCUT2D eigenvalue weighted by molar-refractivity contribution is 5.06. The zero-order valence-corrected chi connectivity index (χ0v) is 11.3. The Morgan fingerprint density at radius 3 is 2.18 bits per heavy atom. The van der Waals surface area contributed by atoms with Crippen LogP contribution in [0.3, 0.4) is 0 Å². The van der Waals surface area contributed by atoms with Gasteiger partial charge in [-0.2, -0.15) is 0 Å². The van der Waals surface area contributed by atoms with Gasteiger partial charge in [-0.15, -0.1) is 0 Å². The molecule has 0 aliphatic heterocycles. The molecule has 1 rings (SSSR count). The highest BCUT2D eigenvalue weighted by atomic mass is 14.6. The van der Waals surface area contributed by atoms with Crippen molar-refractivity contribution >= 4 is 0 Å². The number of rotatable bonds is 10. The second-order valence-corrected chi connectivity index (χ2v) is 4.85. The van der Waals surface area contributed by atoms with E-state index in [2.05, 4.69) is 24.2 Å². The molecule has 1 aromatic rings.